The Morgan fingerprint density at radius 3 is 2.62 bits per heavy atom. The molecule has 32 heavy (non-hydrogen) atoms. The molecule has 0 bridgehead atoms. The van der Waals surface area contributed by atoms with Crippen LogP contribution in [0.1, 0.15) is 31.7 Å². The highest BCUT2D eigenvalue weighted by atomic mass is 127. The van der Waals surface area contributed by atoms with Gasteiger partial charge >= 0.3 is 0 Å². The molecule has 2 aromatic rings. The summed E-state index contributed by atoms with van der Waals surface area (Å²) in [6.07, 6.45) is 3.64. The van der Waals surface area contributed by atoms with Crippen LogP contribution in [0.4, 0.5) is 0 Å². The van der Waals surface area contributed by atoms with Crippen LogP contribution < -0.4 is 5.32 Å². The Balaban J connectivity index is 0.00000363. The van der Waals surface area contributed by atoms with Gasteiger partial charge in [-0.1, -0.05) is 37.3 Å². The van der Waals surface area contributed by atoms with Crippen LogP contribution in [-0.4, -0.2) is 83.0 Å². The van der Waals surface area contributed by atoms with E-state index < -0.39 is 0 Å². The number of aliphatic imine (C=N–C) groups is 1. The third-order valence-electron chi connectivity index (χ3n) is 5.48. The number of guanidine groups is 1. The molecule has 0 spiro atoms. The van der Waals surface area contributed by atoms with Gasteiger partial charge in [0.05, 0.1) is 0 Å². The minimum absolute atomic E-state index is 0. The van der Waals surface area contributed by atoms with Crippen molar-refractivity contribution in [2.24, 2.45) is 4.99 Å². The van der Waals surface area contributed by atoms with Crippen LogP contribution >= 0.6 is 24.0 Å². The second kappa shape index (κ2) is 15.2. The Labute approximate surface area is 209 Å². The summed E-state index contributed by atoms with van der Waals surface area (Å²) < 4.78 is 7.57. The SMILES string of the molecule is CCOCCCN=C(NCCn1cnnc1CC)N1CCN(Cc2ccccc2)CC1.I. The zero-order chi connectivity index (χ0) is 21.7. The molecule has 8 nitrogen and oxygen atoms in total. The Bertz CT molecular complexity index is 776. The Kier molecular flexibility index (Phi) is 12.6. The van der Waals surface area contributed by atoms with Crippen LogP contribution in [-0.2, 0) is 24.2 Å². The summed E-state index contributed by atoms with van der Waals surface area (Å²) in [4.78, 5) is 9.78. The molecule has 0 radical (unpaired) electrons. The van der Waals surface area contributed by atoms with E-state index in [0.29, 0.717) is 0 Å². The largest absolute Gasteiger partial charge is 0.382 e. The number of hydrogen-bond donors (Lipinski definition) is 1. The maximum absolute atomic E-state index is 5.46. The molecule has 178 valence electrons. The molecule has 0 saturated carbocycles. The van der Waals surface area contributed by atoms with Gasteiger partial charge in [0, 0.05) is 72.0 Å². The van der Waals surface area contributed by atoms with Crippen molar-refractivity contribution in [3.05, 3.63) is 48.0 Å². The van der Waals surface area contributed by atoms with Crippen LogP contribution in [0, 0.1) is 0 Å². The summed E-state index contributed by atoms with van der Waals surface area (Å²) in [5.41, 5.74) is 1.37. The summed E-state index contributed by atoms with van der Waals surface area (Å²) in [7, 11) is 0. The van der Waals surface area contributed by atoms with Gasteiger partial charge in [-0.2, -0.15) is 0 Å². The van der Waals surface area contributed by atoms with Crippen molar-refractivity contribution in [2.75, 3.05) is 52.5 Å². The van der Waals surface area contributed by atoms with Gasteiger partial charge < -0.3 is 19.5 Å². The quantitative estimate of drug-likeness (QED) is 0.199. The Hall–Kier alpha value is -1.72. The molecule has 1 aliphatic rings. The first-order chi connectivity index (χ1) is 15.3. The predicted molar refractivity (Wildman–Crippen MR) is 140 cm³/mol. The summed E-state index contributed by atoms with van der Waals surface area (Å²) >= 11 is 0. The second-order valence-corrected chi connectivity index (χ2v) is 7.73. The van der Waals surface area contributed by atoms with Gasteiger partial charge in [-0.25, -0.2) is 0 Å². The van der Waals surface area contributed by atoms with Crippen molar-refractivity contribution in [1.82, 2.24) is 29.9 Å². The van der Waals surface area contributed by atoms with Gasteiger partial charge in [0.2, 0.25) is 0 Å². The molecular weight excluding hydrogens is 517 g/mol. The van der Waals surface area contributed by atoms with E-state index in [4.69, 9.17) is 9.73 Å². The van der Waals surface area contributed by atoms with Crippen molar-refractivity contribution in [3.8, 4) is 0 Å². The minimum Gasteiger partial charge on any atom is -0.382 e. The molecule has 0 aliphatic carbocycles. The van der Waals surface area contributed by atoms with E-state index in [2.05, 4.69) is 67.1 Å². The monoisotopic (exact) mass is 555 g/mol. The number of ether oxygens (including phenoxy) is 1. The molecule has 1 saturated heterocycles. The van der Waals surface area contributed by atoms with Crippen molar-refractivity contribution in [3.63, 3.8) is 0 Å². The van der Waals surface area contributed by atoms with Crippen LogP contribution in [0.3, 0.4) is 0 Å². The number of nitrogens with one attached hydrogen (secondary N) is 1. The molecule has 0 amide bonds. The van der Waals surface area contributed by atoms with Gasteiger partial charge in [0.15, 0.2) is 5.96 Å². The highest BCUT2D eigenvalue weighted by molar-refractivity contribution is 14.0. The third-order valence-corrected chi connectivity index (χ3v) is 5.48. The molecule has 0 unspecified atom stereocenters. The van der Waals surface area contributed by atoms with E-state index >= 15 is 0 Å². The van der Waals surface area contributed by atoms with E-state index in [9.17, 15) is 0 Å². The second-order valence-electron chi connectivity index (χ2n) is 7.73. The first-order valence-electron chi connectivity index (χ1n) is 11.5. The summed E-state index contributed by atoms with van der Waals surface area (Å²) in [5.74, 6) is 2.02. The first kappa shape index (κ1) is 26.5. The van der Waals surface area contributed by atoms with Gasteiger partial charge in [0.1, 0.15) is 12.2 Å². The van der Waals surface area contributed by atoms with E-state index in [1.807, 2.05) is 13.3 Å². The summed E-state index contributed by atoms with van der Waals surface area (Å²) in [6, 6.07) is 10.7. The molecule has 1 aromatic heterocycles. The molecule has 0 atom stereocenters. The van der Waals surface area contributed by atoms with Crippen molar-refractivity contribution in [2.45, 2.75) is 39.8 Å². The number of hydrogen-bond acceptors (Lipinski definition) is 5. The number of rotatable bonds is 11. The smallest absolute Gasteiger partial charge is 0.194 e. The van der Waals surface area contributed by atoms with Crippen LogP contribution in [0.15, 0.2) is 41.7 Å². The predicted octanol–water partition coefficient (Wildman–Crippen LogP) is 2.65. The number of piperazine rings is 1. The molecule has 1 aromatic carbocycles. The van der Waals surface area contributed by atoms with E-state index in [-0.39, 0.29) is 24.0 Å². The molecule has 2 heterocycles. The average Bonchev–Trinajstić information content (AvgIpc) is 3.26. The van der Waals surface area contributed by atoms with Crippen LogP contribution in [0.5, 0.6) is 0 Å². The number of aromatic nitrogens is 3. The summed E-state index contributed by atoms with van der Waals surface area (Å²) in [5, 5.41) is 11.8. The van der Waals surface area contributed by atoms with Crippen LogP contribution in [0.25, 0.3) is 0 Å². The maximum Gasteiger partial charge on any atom is 0.194 e. The standard InChI is InChI=1S/C23H37N7O.HI/c1-3-22-27-26-20-30(22)13-12-25-23(24-11-8-18-31-4-2)29-16-14-28(15-17-29)19-21-9-6-5-7-10-21;/h5-7,9-10,20H,3-4,8,11-19H2,1-2H3,(H,24,25);1H. The highest BCUT2D eigenvalue weighted by Crippen LogP contribution is 2.09. The lowest BCUT2D eigenvalue weighted by molar-refractivity contribution is 0.146. The maximum atomic E-state index is 5.46. The zero-order valence-corrected chi connectivity index (χ0v) is 21.8. The van der Waals surface area contributed by atoms with E-state index in [1.54, 1.807) is 0 Å². The molecule has 1 fully saturated rings. The molecule has 1 N–H and O–H groups in total. The molecule has 1 aliphatic heterocycles. The fraction of sp³-hybridized carbons (Fsp3) is 0.609. The fourth-order valence-corrected chi connectivity index (χ4v) is 3.75. The lowest BCUT2D eigenvalue weighted by Crippen LogP contribution is -2.52. The van der Waals surface area contributed by atoms with Gasteiger partial charge in [-0.15, -0.1) is 34.2 Å². The normalized spacial score (nSPS) is 14.9. The fourth-order valence-electron chi connectivity index (χ4n) is 3.75. The number of nitrogens with zero attached hydrogens (tertiary/aromatic N) is 6. The zero-order valence-electron chi connectivity index (χ0n) is 19.4. The van der Waals surface area contributed by atoms with Crippen molar-refractivity contribution >= 4 is 29.9 Å². The van der Waals surface area contributed by atoms with E-state index in [1.165, 1.54) is 5.56 Å². The van der Waals surface area contributed by atoms with Crippen LogP contribution in [0.2, 0.25) is 0 Å². The molecule has 9 heteroatoms. The van der Waals surface area contributed by atoms with Gasteiger partial charge in [-0.05, 0) is 18.9 Å². The minimum atomic E-state index is 0. The lowest BCUT2D eigenvalue weighted by atomic mass is 10.2. The lowest BCUT2D eigenvalue weighted by Gasteiger charge is -2.36. The van der Waals surface area contributed by atoms with E-state index in [0.717, 1.165) is 90.2 Å². The number of benzene rings is 1. The topological polar surface area (TPSA) is 70.8 Å². The van der Waals surface area contributed by atoms with Gasteiger partial charge in [-0.3, -0.25) is 9.89 Å². The number of halogens is 1. The Morgan fingerprint density at radius 2 is 1.91 bits per heavy atom. The molecular formula is C23H38IN7O. The number of aryl methyl sites for hydroxylation is 1. The van der Waals surface area contributed by atoms with Gasteiger partial charge in [0.25, 0.3) is 0 Å². The Morgan fingerprint density at radius 1 is 1.12 bits per heavy atom. The highest BCUT2D eigenvalue weighted by Gasteiger charge is 2.19. The first-order valence-corrected chi connectivity index (χ1v) is 11.5. The summed E-state index contributed by atoms with van der Waals surface area (Å²) in [6.45, 7) is 13.1. The van der Waals surface area contributed by atoms with Crippen molar-refractivity contribution < 1.29 is 4.74 Å². The third kappa shape index (κ3) is 8.67. The molecule has 3 rings (SSSR count). The average molecular weight is 556 g/mol. The van der Waals surface area contributed by atoms with Crippen molar-refractivity contribution in [1.29, 1.82) is 0 Å².